The fourth-order valence-corrected chi connectivity index (χ4v) is 3.37. The zero-order valence-electron chi connectivity index (χ0n) is 11.0. The first-order valence-corrected chi connectivity index (χ1v) is 7.95. The van der Waals surface area contributed by atoms with Gasteiger partial charge in [-0.25, -0.2) is 0 Å². The highest BCUT2D eigenvalue weighted by atomic mass is 32.2. The van der Waals surface area contributed by atoms with Crippen molar-refractivity contribution in [3.05, 3.63) is 17.5 Å². The summed E-state index contributed by atoms with van der Waals surface area (Å²) in [6, 6.07) is 8.30. The van der Waals surface area contributed by atoms with E-state index >= 15 is 0 Å². The normalized spacial score (nSPS) is 11.8. The van der Waals surface area contributed by atoms with Gasteiger partial charge in [-0.05, 0) is 17.9 Å². The smallest absolute Gasteiger partial charge is 0.191 e. The van der Waals surface area contributed by atoms with Crippen molar-refractivity contribution in [3.63, 3.8) is 0 Å². The Morgan fingerprint density at radius 2 is 2.30 bits per heavy atom. The van der Waals surface area contributed by atoms with Crippen LogP contribution in [0.1, 0.15) is 12.8 Å². The molecule has 1 atom stereocenters. The van der Waals surface area contributed by atoms with Crippen molar-refractivity contribution in [2.24, 2.45) is 13.0 Å². The molecule has 2 aromatic rings. The van der Waals surface area contributed by atoms with Crippen molar-refractivity contribution >= 4 is 23.1 Å². The number of nitrogens with zero attached hydrogens (tertiary/aromatic N) is 5. The summed E-state index contributed by atoms with van der Waals surface area (Å²) in [7, 11) is 1.92. The molecule has 0 saturated carbocycles. The second-order valence-corrected chi connectivity index (χ2v) is 6.11. The fourth-order valence-electron chi connectivity index (χ4n) is 1.66. The van der Waals surface area contributed by atoms with E-state index in [4.69, 9.17) is 10.5 Å². The Hall–Kier alpha value is -1.83. The third-order valence-electron chi connectivity index (χ3n) is 2.78. The van der Waals surface area contributed by atoms with Gasteiger partial charge in [0.15, 0.2) is 11.0 Å². The molecule has 2 aromatic heterocycles. The lowest BCUT2D eigenvalue weighted by atomic mass is 10.1. The lowest BCUT2D eigenvalue weighted by Crippen LogP contribution is -2.02. The van der Waals surface area contributed by atoms with Crippen LogP contribution in [0.4, 0.5) is 0 Å². The fraction of sp³-hybridized carbons (Fsp3) is 0.385. The van der Waals surface area contributed by atoms with Crippen molar-refractivity contribution in [1.82, 2.24) is 14.8 Å². The molecule has 0 aliphatic heterocycles. The summed E-state index contributed by atoms with van der Waals surface area (Å²) < 4.78 is 1.94. The molecule has 0 N–H and O–H groups in total. The summed E-state index contributed by atoms with van der Waals surface area (Å²) in [6.45, 7) is 0. The first-order valence-electron chi connectivity index (χ1n) is 6.09. The molecule has 0 aliphatic rings. The van der Waals surface area contributed by atoms with Crippen molar-refractivity contribution in [3.8, 4) is 22.8 Å². The Bertz CT molecular complexity index is 633. The number of rotatable bonds is 6. The average molecular weight is 303 g/mol. The minimum atomic E-state index is -0.124. The molecular formula is C13H13N5S2. The zero-order chi connectivity index (χ0) is 14.4. The molecule has 0 saturated heterocycles. The maximum Gasteiger partial charge on any atom is 0.191 e. The topological polar surface area (TPSA) is 78.3 Å². The van der Waals surface area contributed by atoms with Gasteiger partial charge >= 0.3 is 0 Å². The molecule has 0 aliphatic carbocycles. The van der Waals surface area contributed by atoms with Gasteiger partial charge in [0, 0.05) is 19.2 Å². The Morgan fingerprint density at radius 3 is 2.95 bits per heavy atom. The molecular weight excluding hydrogens is 290 g/mol. The number of hydrogen-bond acceptors (Lipinski definition) is 6. The largest absolute Gasteiger partial charge is 0.305 e. The molecule has 0 bridgehead atoms. The van der Waals surface area contributed by atoms with Gasteiger partial charge in [-0.3, -0.25) is 0 Å². The number of nitriles is 2. The van der Waals surface area contributed by atoms with Crippen LogP contribution in [0.25, 0.3) is 10.7 Å². The number of aromatic nitrogens is 3. The quantitative estimate of drug-likeness (QED) is 0.766. The summed E-state index contributed by atoms with van der Waals surface area (Å²) in [5, 5.41) is 28.8. The van der Waals surface area contributed by atoms with Crippen molar-refractivity contribution in [1.29, 1.82) is 10.5 Å². The summed E-state index contributed by atoms with van der Waals surface area (Å²) >= 11 is 3.13. The first kappa shape index (κ1) is 14.6. The summed E-state index contributed by atoms with van der Waals surface area (Å²) in [5.41, 5.74) is 0. The van der Waals surface area contributed by atoms with Gasteiger partial charge < -0.3 is 4.57 Å². The minimum Gasteiger partial charge on any atom is -0.305 e. The molecule has 7 heteroatoms. The van der Waals surface area contributed by atoms with E-state index in [0.29, 0.717) is 18.6 Å². The Kier molecular flexibility index (Phi) is 5.16. The predicted molar refractivity (Wildman–Crippen MR) is 79.0 cm³/mol. The SMILES string of the molecule is Cn1c(SC[C@H](C#N)CCC#N)nnc1-c1cccs1. The number of thioether (sulfide) groups is 1. The second kappa shape index (κ2) is 7.09. The van der Waals surface area contributed by atoms with Gasteiger partial charge in [0.05, 0.1) is 22.9 Å². The van der Waals surface area contributed by atoms with E-state index in [9.17, 15) is 0 Å². The lowest BCUT2D eigenvalue weighted by Gasteiger charge is -2.06. The van der Waals surface area contributed by atoms with Crippen LogP contribution in [0.2, 0.25) is 0 Å². The Labute approximate surface area is 125 Å². The predicted octanol–water partition coefficient (Wildman–Crippen LogP) is 3.08. The van der Waals surface area contributed by atoms with Crippen LogP contribution in [-0.2, 0) is 7.05 Å². The number of hydrogen-bond donors (Lipinski definition) is 0. The summed E-state index contributed by atoms with van der Waals surface area (Å²) in [6.07, 6.45) is 1.02. The molecule has 20 heavy (non-hydrogen) atoms. The minimum absolute atomic E-state index is 0.124. The van der Waals surface area contributed by atoms with Gasteiger partial charge in [-0.2, -0.15) is 10.5 Å². The van der Waals surface area contributed by atoms with Crippen molar-refractivity contribution in [2.75, 3.05) is 5.75 Å². The molecule has 0 amide bonds. The Morgan fingerprint density at radius 1 is 1.45 bits per heavy atom. The van der Waals surface area contributed by atoms with E-state index in [-0.39, 0.29) is 5.92 Å². The van der Waals surface area contributed by atoms with Gasteiger partial charge in [-0.15, -0.1) is 21.5 Å². The molecule has 102 valence electrons. The highest BCUT2D eigenvalue weighted by Gasteiger charge is 2.14. The Balaban J connectivity index is 2.01. The van der Waals surface area contributed by atoms with Gasteiger partial charge in [-0.1, -0.05) is 17.8 Å². The van der Waals surface area contributed by atoms with Gasteiger partial charge in [0.2, 0.25) is 0 Å². The van der Waals surface area contributed by atoms with Crippen LogP contribution in [0, 0.1) is 28.6 Å². The van der Waals surface area contributed by atoms with Crippen molar-refractivity contribution < 1.29 is 0 Å². The molecule has 2 rings (SSSR count). The van der Waals surface area contributed by atoms with Crippen molar-refractivity contribution in [2.45, 2.75) is 18.0 Å². The second-order valence-electron chi connectivity index (χ2n) is 4.18. The van der Waals surface area contributed by atoms with Crippen LogP contribution in [0.5, 0.6) is 0 Å². The average Bonchev–Trinajstić information content (AvgIpc) is 3.09. The first-order chi connectivity index (χ1) is 9.76. The molecule has 0 aromatic carbocycles. The standard InChI is InChI=1S/C13H13N5S2/c1-18-12(11-5-3-7-19-11)16-17-13(18)20-9-10(8-15)4-2-6-14/h3,5,7,10H,2,4,9H2,1H3/t10-/m0/s1. The summed E-state index contributed by atoms with van der Waals surface area (Å²) in [5.74, 6) is 1.35. The third kappa shape index (κ3) is 3.38. The van der Waals surface area contributed by atoms with Crippen LogP contribution >= 0.6 is 23.1 Å². The lowest BCUT2D eigenvalue weighted by molar-refractivity contribution is 0.682. The van der Waals surface area contributed by atoms with E-state index in [0.717, 1.165) is 15.9 Å². The van der Waals surface area contributed by atoms with Crippen LogP contribution in [0.15, 0.2) is 22.7 Å². The van der Waals surface area contributed by atoms with E-state index in [1.54, 1.807) is 11.3 Å². The highest BCUT2D eigenvalue weighted by Crippen LogP contribution is 2.27. The molecule has 5 nitrogen and oxygen atoms in total. The van der Waals surface area contributed by atoms with Gasteiger partial charge in [0.1, 0.15) is 0 Å². The highest BCUT2D eigenvalue weighted by molar-refractivity contribution is 7.99. The van der Waals surface area contributed by atoms with E-state index in [1.165, 1.54) is 11.8 Å². The molecule has 0 spiro atoms. The van der Waals surface area contributed by atoms with Crippen LogP contribution < -0.4 is 0 Å². The summed E-state index contributed by atoms with van der Waals surface area (Å²) in [4.78, 5) is 1.08. The van der Waals surface area contributed by atoms with E-state index < -0.39 is 0 Å². The van der Waals surface area contributed by atoms with Gasteiger partial charge in [0.25, 0.3) is 0 Å². The van der Waals surface area contributed by atoms with Crippen LogP contribution in [-0.4, -0.2) is 20.5 Å². The van der Waals surface area contributed by atoms with Crippen LogP contribution in [0.3, 0.4) is 0 Å². The molecule has 2 heterocycles. The monoisotopic (exact) mass is 303 g/mol. The molecule has 0 unspecified atom stereocenters. The number of thiophene rings is 1. The third-order valence-corrected chi connectivity index (χ3v) is 4.83. The maximum atomic E-state index is 9.04. The molecule has 0 radical (unpaired) electrons. The maximum absolute atomic E-state index is 9.04. The van der Waals surface area contributed by atoms with E-state index in [1.807, 2.05) is 29.1 Å². The van der Waals surface area contributed by atoms with E-state index in [2.05, 4.69) is 22.3 Å². The zero-order valence-corrected chi connectivity index (χ0v) is 12.6. The molecule has 0 fully saturated rings.